The molecule has 3 aromatic heterocycles. The highest BCUT2D eigenvalue weighted by molar-refractivity contribution is 5.84. The van der Waals surface area contributed by atoms with Gasteiger partial charge in [0.25, 0.3) is 0 Å². The zero-order chi connectivity index (χ0) is 26.9. The molecule has 0 spiro atoms. The summed E-state index contributed by atoms with van der Waals surface area (Å²) in [6.07, 6.45) is 11.3. The van der Waals surface area contributed by atoms with E-state index in [1.165, 1.54) is 24.8 Å². The second-order valence-corrected chi connectivity index (χ2v) is 12.8. The van der Waals surface area contributed by atoms with Crippen molar-refractivity contribution in [3.8, 4) is 11.1 Å². The summed E-state index contributed by atoms with van der Waals surface area (Å²) in [5.74, 6) is 1.97. The fourth-order valence-electron chi connectivity index (χ4n) is 7.06. The zero-order valence-corrected chi connectivity index (χ0v) is 23.3. The van der Waals surface area contributed by atoms with E-state index in [1.807, 2.05) is 29.8 Å². The van der Waals surface area contributed by atoms with Crippen molar-refractivity contribution in [2.75, 3.05) is 0 Å². The third kappa shape index (κ3) is 4.05. The molecule has 1 atom stereocenters. The van der Waals surface area contributed by atoms with Crippen LogP contribution >= 0.6 is 0 Å². The fourth-order valence-corrected chi connectivity index (χ4v) is 7.06. The van der Waals surface area contributed by atoms with E-state index in [2.05, 4.69) is 48.4 Å². The normalized spacial score (nSPS) is 24.8. The molecule has 1 N–H and O–H groups in total. The molecule has 7 nitrogen and oxygen atoms in total. The summed E-state index contributed by atoms with van der Waals surface area (Å²) in [6, 6.07) is 10.4. The van der Waals surface area contributed by atoms with Gasteiger partial charge in [0.1, 0.15) is 18.4 Å². The van der Waals surface area contributed by atoms with Crippen LogP contribution in [0.25, 0.3) is 22.1 Å². The molecular formula is C32H37N5O2. The lowest BCUT2D eigenvalue weighted by Crippen LogP contribution is -2.49. The predicted octanol–water partition coefficient (Wildman–Crippen LogP) is 6.17. The summed E-state index contributed by atoms with van der Waals surface area (Å²) in [6.45, 7) is 6.72. The standard InChI is InChI=1S/C32H37N5O2/c1-19-15-32(16-19,30-36-33-18-37(30)4)23-8-5-7-22(13-23)25-17-39-29-24(28(25)38)14-26(34-27(29)21-9-10-21)20(2)35-31(3)11-6-12-31/h5,7-8,13-14,17-21,35H,6,9-12,15-16H2,1-4H3. The molecule has 0 saturated heterocycles. The van der Waals surface area contributed by atoms with E-state index in [0.717, 1.165) is 48.5 Å². The van der Waals surface area contributed by atoms with Gasteiger partial charge in [-0.2, -0.15) is 0 Å². The van der Waals surface area contributed by atoms with Gasteiger partial charge in [-0.25, -0.2) is 0 Å². The molecule has 7 heteroatoms. The smallest absolute Gasteiger partial charge is 0.200 e. The van der Waals surface area contributed by atoms with E-state index in [0.29, 0.717) is 28.4 Å². The largest absolute Gasteiger partial charge is 0.461 e. The highest BCUT2D eigenvalue weighted by atomic mass is 16.3. The molecular weight excluding hydrogens is 486 g/mol. The molecule has 1 aromatic carbocycles. The average molecular weight is 524 g/mol. The molecule has 3 aliphatic carbocycles. The van der Waals surface area contributed by atoms with Crippen molar-refractivity contribution in [2.24, 2.45) is 13.0 Å². The first-order valence-electron chi connectivity index (χ1n) is 14.5. The number of nitrogens with zero attached hydrogens (tertiary/aromatic N) is 4. The summed E-state index contributed by atoms with van der Waals surface area (Å²) in [7, 11) is 2.01. The van der Waals surface area contributed by atoms with E-state index < -0.39 is 0 Å². The number of hydrogen-bond acceptors (Lipinski definition) is 6. The van der Waals surface area contributed by atoms with Gasteiger partial charge < -0.3 is 14.3 Å². The van der Waals surface area contributed by atoms with Crippen LogP contribution < -0.4 is 10.7 Å². The van der Waals surface area contributed by atoms with Crippen LogP contribution in [0.3, 0.4) is 0 Å². The molecule has 3 heterocycles. The highest BCUT2D eigenvalue weighted by Crippen LogP contribution is 2.52. The SMILES string of the molecule is CC1CC(c2cccc(-c3coc4c(C5CC5)nc(C(C)NC5(C)CCC5)cc4c3=O)c2)(c2nncn2C)C1. The Morgan fingerprint density at radius 3 is 2.62 bits per heavy atom. The lowest BCUT2D eigenvalue weighted by molar-refractivity contribution is 0.185. The minimum absolute atomic E-state index is 0.00990. The maximum atomic E-state index is 14.1. The lowest BCUT2D eigenvalue weighted by Gasteiger charge is -2.46. The minimum Gasteiger partial charge on any atom is -0.461 e. The van der Waals surface area contributed by atoms with Crippen molar-refractivity contribution < 1.29 is 4.42 Å². The number of aryl methyl sites for hydroxylation is 1. The van der Waals surface area contributed by atoms with E-state index in [9.17, 15) is 4.79 Å². The van der Waals surface area contributed by atoms with Crippen molar-refractivity contribution in [3.05, 3.63) is 75.9 Å². The van der Waals surface area contributed by atoms with Crippen molar-refractivity contribution in [1.29, 1.82) is 0 Å². The Bertz CT molecular complexity index is 1620. The third-order valence-corrected chi connectivity index (χ3v) is 9.49. The average Bonchev–Trinajstić information content (AvgIpc) is 3.65. The molecule has 39 heavy (non-hydrogen) atoms. The Morgan fingerprint density at radius 1 is 1.18 bits per heavy atom. The van der Waals surface area contributed by atoms with Gasteiger partial charge in [0.15, 0.2) is 5.58 Å². The second kappa shape index (κ2) is 8.85. The Morgan fingerprint density at radius 2 is 1.97 bits per heavy atom. The Hall–Kier alpha value is -3.32. The van der Waals surface area contributed by atoms with Crippen molar-refractivity contribution >= 4 is 11.0 Å². The van der Waals surface area contributed by atoms with Gasteiger partial charge in [0.2, 0.25) is 5.43 Å². The minimum atomic E-state index is -0.188. The molecule has 7 rings (SSSR count). The van der Waals surface area contributed by atoms with Crippen LogP contribution in [-0.4, -0.2) is 25.3 Å². The van der Waals surface area contributed by atoms with Gasteiger partial charge >= 0.3 is 0 Å². The molecule has 0 amide bonds. The molecule has 0 aliphatic heterocycles. The summed E-state index contributed by atoms with van der Waals surface area (Å²) in [5, 5.41) is 13.1. The third-order valence-electron chi connectivity index (χ3n) is 9.49. The van der Waals surface area contributed by atoms with Gasteiger partial charge in [-0.1, -0.05) is 25.1 Å². The zero-order valence-electron chi connectivity index (χ0n) is 23.3. The van der Waals surface area contributed by atoms with E-state index in [4.69, 9.17) is 9.40 Å². The lowest BCUT2D eigenvalue weighted by atomic mass is 9.58. The van der Waals surface area contributed by atoms with Gasteiger partial charge in [0.05, 0.1) is 27.8 Å². The second-order valence-electron chi connectivity index (χ2n) is 12.8. The Balaban J connectivity index is 1.32. The van der Waals surface area contributed by atoms with Gasteiger partial charge in [-0.15, -0.1) is 10.2 Å². The van der Waals surface area contributed by atoms with Crippen LogP contribution in [-0.2, 0) is 12.5 Å². The molecule has 3 saturated carbocycles. The first-order valence-corrected chi connectivity index (χ1v) is 14.5. The quantitative estimate of drug-likeness (QED) is 0.312. The molecule has 1 unspecified atom stereocenters. The van der Waals surface area contributed by atoms with E-state index in [-0.39, 0.29) is 22.4 Å². The van der Waals surface area contributed by atoms with Crippen molar-refractivity contribution in [1.82, 2.24) is 25.1 Å². The van der Waals surface area contributed by atoms with Crippen LogP contribution in [0.15, 0.2) is 52.1 Å². The monoisotopic (exact) mass is 523 g/mol. The number of hydrogen-bond donors (Lipinski definition) is 1. The van der Waals surface area contributed by atoms with Gasteiger partial charge in [0, 0.05) is 24.5 Å². The number of benzene rings is 1. The fraction of sp³-hybridized carbons (Fsp3) is 0.500. The number of nitrogens with one attached hydrogen (secondary N) is 1. The van der Waals surface area contributed by atoms with Crippen molar-refractivity contribution in [2.45, 2.75) is 88.6 Å². The molecule has 3 fully saturated rings. The van der Waals surface area contributed by atoms with Crippen molar-refractivity contribution in [3.63, 3.8) is 0 Å². The molecule has 3 aliphatic rings. The predicted molar refractivity (Wildman–Crippen MR) is 152 cm³/mol. The van der Waals surface area contributed by atoms with E-state index in [1.54, 1.807) is 12.6 Å². The number of rotatable bonds is 7. The van der Waals surface area contributed by atoms with Crippen LogP contribution in [0.4, 0.5) is 0 Å². The summed E-state index contributed by atoms with van der Waals surface area (Å²) in [4.78, 5) is 19.1. The molecule has 0 bridgehead atoms. The summed E-state index contributed by atoms with van der Waals surface area (Å²) >= 11 is 0. The van der Waals surface area contributed by atoms with Crippen LogP contribution in [0.1, 0.15) is 100 Å². The maximum Gasteiger partial charge on any atom is 0.200 e. The van der Waals surface area contributed by atoms with E-state index >= 15 is 0 Å². The van der Waals surface area contributed by atoms with Crippen LogP contribution in [0, 0.1) is 5.92 Å². The molecule has 4 aromatic rings. The first kappa shape index (κ1) is 24.7. The Kier molecular flexibility index (Phi) is 5.60. The van der Waals surface area contributed by atoms with Crippen LogP contribution in [0.2, 0.25) is 0 Å². The topological polar surface area (TPSA) is 85.8 Å². The maximum absolute atomic E-state index is 14.1. The summed E-state index contributed by atoms with van der Waals surface area (Å²) in [5.41, 5.74) is 5.14. The number of fused-ring (bicyclic) bond motifs is 1. The molecule has 202 valence electrons. The van der Waals surface area contributed by atoms with Gasteiger partial charge in [-0.05, 0) is 88.0 Å². The van der Waals surface area contributed by atoms with Crippen LogP contribution in [0.5, 0.6) is 0 Å². The first-order chi connectivity index (χ1) is 18.8. The summed E-state index contributed by atoms with van der Waals surface area (Å²) < 4.78 is 8.27. The highest BCUT2D eigenvalue weighted by Gasteiger charge is 2.48. The number of aromatic nitrogens is 4. The Labute approximate surface area is 229 Å². The van der Waals surface area contributed by atoms with Gasteiger partial charge in [-0.3, -0.25) is 9.78 Å². The molecule has 0 radical (unpaired) electrons. The number of pyridine rings is 1.